The number of ether oxygens (including phenoxy) is 3. The van der Waals surface area contributed by atoms with Gasteiger partial charge in [0.15, 0.2) is 17.3 Å². The minimum absolute atomic E-state index is 0.0000775. The summed E-state index contributed by atoms with van der Waals surface area (Å²) in [5.41, 5.74) is 10.9. The molecule has 10 nitrogen and oxygen atoms in total. The van der Waals surface area contributed by atoms with Gasteiger partial charge in [0.1, 0.15) is 17.3 Å². The Kier molecular flexibility index (Phi) is 6.74. The number of nitrogens with one attached hydrogen (secondary N) is 1. The number of hydrazine groups is 1. The molecule has 2 aromatic rings. The molecule has 4 N–H and O–H groups in total. The molecule has 1 unspecified atom stereocenters. The van der Waals surface area contributed by atoms with Crippen molar-refractivity contribution in [2.75, 3.05) is 21.3 Å². The first-order valence-electron chi connectivity index (χ1n) is 11.2. The minimum Gasteiger partial charge on any atom is -0.508 e. The third kappa shape index (κ3) is 4.15. The van der Waals surface area contributed by atoms with E-state index in [1.807, 2.05) is 0 Å². The molecule has 36 heavy (non-hydrogen) atoms. The van der Waals surface area contributed by atoms with Gasteiger partial charge in [-0.05, 0) is 43.2 Å². The van der Waals surface area contributed by atoms with Gasteiger partial charge < -0.3 is 25.1 Å². The number of nitrogens with two attached hydrogens (primary N) is 1. The van der Waals surface area contributed by atoms with Gasteiger partial charge in [-0.3, -0.25) is 15.0 Å². The van der Waals surface area contributed by atoms with E-state index in [1.165, 1.54) is 50.6 Å². The predicted molar refractivity (Wildman–Crippen MR) is 129 cm³/mol. The van der Waals surface area contributed by atoms with Crippen LogP contribution >= 0.6 is 0 Å². The Morgan fingerprint density at radius 3 is 2.33 bits per heavy atom. The Balaban J connectivity index is 1.87. The summed E-state index contributed by atoms with van der Waals surface area (Å²) in [5, 5.41) is 21.0. The van der Waals surface area contributed by atoms with Gasteiger partial charge in [0.05, 0.1) is 38.9 Å². The van der Waals surface area contributed by atoms with E-state index in [0.717, 1.165) is 0 Å². The third-order valence-electron chi connectivity index (χ3n) is 6.30. The van der Waals surface area contributed by atoms with Crippen molar-refractivity contribution in [2.24, 2.45) is 5.73 Å². The second kappa shape index (κ2) is 9.92. The summed E-state index contributed by atoms with van der Waals surface area (Å²) in [6.07, 6.45) is 1.32. The van der Waals surface area contributed by atoms with Crippen LogP contribution in [0.3, 0.4) is 0 Å². The van der Waals surface area contributed by atoms with Gasteiger partial charge in [-0.1, -0.05) is 0 Å². The van der Waals surface area contributed by atoms with Crippen LogP contribution < -0.4 is 25.4 Å². The van der Waals surface area contributed by atoms with E-state index in [1.54, 1.807) is 12.1 Å². The van der Waals surface area contributed by atoms with Gasteiger partial charge >= 0.3 is 0 Å². The molecule has 0 spiro atoms. The van der Waals surface area contributed by atoms with E-state index >= 15 is 0 Å². The van der Waals surface area contributed by atoms with E-state index in [2.05, 4.69) is 11.5 Å². The van der Waals surface area contributed by atoms with Crippen LogP contribution in [0.25, 0.3) is 0 Å². The zero-order valence-electron chi connectivity index (χ0n) is 20.1. The number of hydrogen-bond acceptors (Lipinski definition) is 9. The number of amides is 1. The first kappa shape index (κ1) is 24.5. The molecule has 10 heteroatoms. The Morgan fingerprint density at radius 2 is 1.72 bits per heavy atom. The van der Waals surface area contributed by atoms with Gasteiger partial charge in [0, 0.05) is 34.9 Å². The molecule has 2 aliphatic rings. The van der Waals surface area contributed by atoms with E-state index in [0.29, 0.717) is 53.3 Å². The zero-order chi connectivity index (χ0) is 26.0. The standard InChI is InChI=1S/C26H26N4O6/c1-34-20-12-22(36-3)21(35-2)11-16(20)23-17(13-27)25(28)30(18-5-4-6-19(32)24(18)23)29-26(33)14-7-9-15(31)10-8-14/h7-12,23,31H,4-6,28H2,1-3H3,(H,29,33). The molecule has 0 radical (unpaired) electrons. The molecule has 4 rings (SSSR count). The second-order valence-corrected chi connectivity index (χ2v) is 8.25. The summed E-state index contributed by atoms with van der Waals surface area (Å²) >= 11 is 0. The second-order valence-electron chi connectivity index (χ2n) is 8.25. The summed E-state index contributed by atoms with van der Waals surface area (Å²) in [7, 11) is 4.46. The van der Waals surface area contributed by atoms with E-state index in [9.17, 15) is 20.0 Å². The van der Waals surface area contributed by atoms with Gasteiger partial charge in [0.2, 0.25) is 0 Å². The molecule has 0 saturated carbocycles. The van der Waals surface area contributed by atoms with E-state index < -0.39 is 11.8 Å². The first-order valence-corrected chi connectivity index (χ1v) is 11.2. The van der Waals surface area contributed by atoms with E-state index in [4.69, 9.17) is 19.9 Å². The highest BCUT2D eigenvalue weighted by atomic mass is 16.5. The Hall–Kier alpha value is -4.65. The molecule has 1 atom stereocenters. The maximum atomic E-state index is 13.3. The molecule has 1 heterocycles. The van der Waals surface area contributed by atoms with Crippen LogP contribution in [0, 0.1) is 11.3 Å². The van der Waals surface area contributed by atoms with Crippen LogP contribution in [-0.4, -0.2) is 43.1 Å². The number of nitrogens with zero attached hydrogens (tertiary/aromatic N) is 2. The molecule has 186 valence electrons. The lowest BCUT2D eigenvalue weighted by atomic mass is 9.75. The summed E-state index contributed by atoms with van der Waals surface area (Å²) in [5.74, 6) is -0.247. The molecule has 1 amide bonds. The number of phenols is 1. The minimum atomic E-state index is -0.825. The van der Waals surface area contributed by atoms with Gasteiger partial charge in [-0.25, -0.2) is 5.01 Å². The van der Waals surface area contributed by atoms with Crippen molar-refractivity contribution in [3.05, 3.63) is 70.2 Å². The quantitative estimate of drug-likeness (QED) is 0.556. The van der Waals surface area contributed by atoms with Crippen molar-refractivity contribution in [3.63, 3.8) is 0 Å². The fourth-order valence-corrected chi connectivity index (χ4v) is 4.58. The van der Waals surface area contributed by atoms with Crippen LogP contribution in [0.5, 0.6) is 23.0 Å². The molecule has 0 aromatic heterocycles. The zero-order valence-corrected chi connectivity index (χ0v) is 20.1. The monoisotopic (exact) mass is 490 g/mol. The van der Waals surface area contributed by atoms with Gasteiger partial charge in [-0.2, -0.15) is 5.26 Å². The molecule has 2 aromatic carbocycles. The molecule has 0 saturated heterocycles. The number of Topliss-reactive ketones (excluding diaryl/α,β-unsaturated/α-hetero) is 1. The first-order chi connectivity index (χ1) is 17.3. The van der Waals surface area contributed by atoms with Crippen molar-refractivity contribution in [1.29, 1.82) is 5.26 Å². The number of nitriles is 1. The number of ketones is 1. The van der Waals surface area contributed by atoms with Crippen molar-refractivity contribution in [3.8, 4) is 29.1 Å². The topological polar surface area (TPSA) is 147 Å². The molecule has 0 fully saturated rings. The number of hydrogen-bond donors (Lipinski definition) is 3. The summed E-state index contributed by atoms with van der Waals surface area (Å²) < 4.78 is 16.4. The smallest absolute Gasteiger partial charge is 0.270 e. The van der Waals surface area contributed by atoms with Gasteiger partial charge in [0.25, 0.3) is 5.91 Å². The average molecular weight is 491 g/mol. The lowest BCUT2D eigenvalue weighted by Gasteiger charge is -2.39. The highest BCUT2D eigenvalue weighted by molar-refractivity contribution is 6.00. The van der Waals surface area contributed by atoms with Crippen molar-refractivity contribution in [2.45, 2.75) is 25.2 Å². The molecular formula is C26H26N4O6. The maximum Gasteiger partial charge on any atom is 0.270 e. The SMILES string of the molecule is COc1cc(OC)c(C2C(C#N)=C(N)N(NC(=O)c3ccc(O)cc3)C3=C2C(=O)CCC3)cc1OC. The Labute approximate surface area is 208 Å². The molecule has 1 aliphatic carbocycles. The highest BCUT2D eigenvalue weighted by Crippen LogP contribution is 2.49. The number of methoxy groups -OCH3 is 3. The fourth-order valence-electron chi connectivity index (χ4n) is 4.58. The normalized spacial score (nSPS) is 17.3. The van der Waals surface area contributed by atoms with Crippen molar-refractivity contribution < 1.29 is 28.9 Å². The van der Waals surface area contributed by atoms with Crippen LogP contribution in [0.15, 0.2) is 59.1 Å². The molecule has 1 aliphatic heterocycles. The predicted octanol–water partition coefficient (Wildman–Crippen LogP) is 2.86. The lowest BCUT2D eigenvalue weighted by molar-refractivity contribution is -0.116. The number of aromatic hydroxyl groups is 1. The Bertz CT molecular complexity index is 1320. The number of rotatable bonds is 6. The third-order valence-corrected chi connectivity index (χ3v) is 6.30. The van der Waals surface area contributed by atoms with Crippen LogP contribution in [0.1, 0.15) is 41.1 Å². The molecule has 0 bridgehead atoms. The molecular weight excluding hydrogens is 464 g/mol. The van der Waals surface area contributed by atoms with Crippen molar-refractivity contribution >= 4 is 11.7 Å². The summed E-state index contributed by atoms with van der Waals surface area (Å²) in [6, 6.07) is 11.1. The van der Waals surface area contributed by atoms with Gasteiger partial charge in [-0.15, -0.1) is 0 Å². The van der Waals surface area contributed by atoms with Crippen LogP contribution in [0.4, 0.5) is 0 Å². The van der Waals surface area contributed by atoms with Crippen LogP contribution in [0.2, 0.25) is 0 Å². The van der Waals surface area contributed by atoms with E-state index in [-0.39, 0.29) is 28.5 Å². The maximum absolute atomic E-state index is 13.3. The Morgan fingerprint density at radius 1 is 1.08 bits per heavy atom. The number of phenolic OH excluding ortho intramolecular Hbond substituents is 1. The highest BCUT2D eigenvalue weighted by Gasteiger charge is 2.42. The van der Waals surface area contributed by atoms with Crippen LogP contribution in [-0.2, 0) is 4.79 Å². The average Bonchev–Trinajstić information content (AvgIpc) is 2.89. The number of carbonyl (C=O) groups is 2. The van der Waals surface area contributed by atoms with Crippen molar-refractivity contribution in [1.82, 2.24) is 10.4 Å². The lowest BCUT2D eigenvalue weighted by Crippen LogP contribution is -2.48. The number of allylic oxidation sites excluding steroid dienone is 3. The summed E-state index contributed by atoms with van der Waals surface area (Å²) in [6.45, 7) is 0. The number of carbonyl (C=O) groups excluding carboxylic acids is 2. The number of benzene rings is 2. The largest absolute Gasteiger partial charge is 0.508 e. The summed E-state index contributed by atoms with van der Waals surface area (Å²) in [4.78, 5) is 26.3. The fraction of sp³-hybridized carbons (Fsp3) is 0.269.